The van der Waals surface area contributed by atoms with Gasteiger partial charge in [0.2, 0.25) is 5.91 Å². The highest BCUT2D eigenvalue weighted by Gasteiger charge is 2.06. The van der Waals surface area contributed by atoms with Gasteiger partial charge in [-0.2, -0.15) is 0 Å². The summed E-state index contributed by atoms with van der Waals surface area (Å²) in [6.45, 7) is 4.34. The van der Waals surface area contributed by atoms with Crippen LogP contribution in [0.15, 0.2) is 34.9 Å². The Kier molecular flexibility index (Phi) is 4.69. The Morgan fingerprint density at radius 2 is 2.15 bits per heavy atom. The van der Waals surface area contributed by atoms with E-state index >= 15 is 0 Å². The van der Waals surface area contributed by atoms with Gasteiger partial charge in [-0.15, -0.1) is 0 Å². The number of anilines is 2. The van der Waals surface area contributed by atoms with Crippen LogP contribution in [-0.2, 0) is 11.3 Å². The first-order valence-corrected chi connectivity index (χ1v) is 6.84. The van der Waals surface area contributed by atoms with Crippen molar-refractivity contribution in [1.82, 2.24) is 0 Å². The topological polar surface area (TPSA) is 54.3 Å². The third kappa shape index (κ3) is 3.54. The quantitative estimate of drug-likeness (QED) is 0.868. The maximum atomic E-state index is 11.4. The van der Waals surface area contributed by atoms with Gasteiger partial charge >= 0.3 is 0 Å². The van der Waals surface area contributed by atoms with Crippen LogP contribution in [0.3, 0.4) is 0 Å². The fourth-order valence-electron chi connectivity index (χ4n) is 1.75. The summed E-state index contributed by atoms with van der Waals surface area (Å²) < 4.78 is 5.36. The highest BCUT2D eigenvalue weighted by Crippen LogP contribution is 2.26. The molecule has 20 heavy (non-hydrogen) atoms. The highest BCUT2D eigenvalue weighted by molar-refractivity contribution is 6.33. The van der Waals surface area contributed by atoms with Crippen molar-refractivity contribution in [1.29, 1.82) is 0 Å². The van der Waals surface area contributed by atoms with Crippen molar-refractivity contribution in [3.8, 4) is 0 Å². The molecule has 0 aliphatic heterocycles. The number of nitrogens with one attached hydrogen (secondary N) is 2. The third-order valence-corrected chi connectivity index (χ3v) is 3.31. The zero-order chi connectivity index (χ0) is 14.5. The first-order valence-electron chi connectivity index (χ1n) is 6.46. The largest absolute Gasteiger partial charge is 0.467 e. The molecule has 1 aromatic carbocycles. The van der Waals surface area contributed by atoms with E-state index < -0.39 is 0 Å². The predicted molar refractivity (Wildman–Crippen MR) is 81.1 cm³/mol. The van der Waals surface area contributed by atoms with E-state index in [1.807, 2.05) is 26.0 Å². The standard InChI is InChI=1S/C15H17ClN2O2/c1-3-15(19)18-11-4-5-12(16)13(8-11)17-9-14-10(2)6-7-20-14/h4-8,17H,3,9H2,1-2H3,(H,18,19). The van der Waals surface area contributed by atoms with Gasteiger partial charge in [-0.05, 0) is 36.8 Å². The number of furan rings is 1. The van der Waals surface area contributed by atoms with Gasteiger partial charge < -0.3 is 15.1 Å². The van der Waals surface area contributed by atoms with Gasteiger partial charge in [0, 0.05) is 12.1 Å². The van der Waals surface area contributed by atoms with E-state index in [0.717, 1.165) is 22.7 Å². The molecule has 2 aromatic rings. The summed E-state index contributed by atoms with van der Waals surface area (Å²) in [4.78, 5) is 11.4. The Morgan fingerprint density at radius 3 is 2.80 bits per heavy atom. The Labute approximate surface area is 123 Å². The van der Waals surface area contributed by atoms with Crippen LogP contribution in [0.4, 0.5) is 11.4 Å². The summed E-state index contributed by atoms with van der Waals surface area (Å²) in [6, 6.07) is 7.26. The number of benzene rings is 1. The fraction of sp³-hybridized carbons (Fsp3) is 0.267. The smallest absolute Gasteiger partial charge is 0.224 e. The number of hydrogen-bond acceptors (Lipinski definition) is 3. The van der Waals surface area contributed by atoms with Gasteiger partial charge in [0.25, 0.3) is 0 Å². The Hall–Kier alpha value is -1.94. The number of halogens is 1. The Morgan fingerprint density at radius 1 is 1.35 bits per heavy atom. The average Bonchev–Trinajstić information content (AvgIpc) is 2.84. The lowest BCUT2D eigenvalue weighted by Gasteiger charge is -2.10. The van der Waals surface area contributed by atoms with E-state index in [4.69, 9.17) is 16.0 Å². The molecule has 0 aliphatic carbocycles. The predicted octanol–water partition coefficient (Wildman–Crippen LogP) is 4.20. The first-order chi connectivity index (χ1) is 9.60. The van der Waals surface area contributed by atoms with E-state index in [1.54, 1.807) is 18.4 Å². The second kappa shape index (κ2) is 6.48. The van der Waals surface area contributed by atoms with Crippen LogP contribution in [0.1, 0.15) is 24.7 Å². The van der Waals surface area contributed by atoms with Crippen molar-refractivity contribution in [2.45, 2.75) is 26.8 Å². The lowest BCUT2D eigenvalue weighted by molar-refractivity contribution is -0.115. The molecule has 0 saturated carbocycles. The lowest BCUT2D eigenvalue weighted by Crippen LogP contribution is -2.09. The van der Waals surface area contributed by atoms with E-state index in [1.165, 1.54) is 0 Å². The van der Waals surface area contributed by atoms with Crippen LogP contribution in [0, 0.1) is 6.92 Å². The van der Waals surface area contributed by atoms with Gasteiger partial charge in [0.1, 0.15) is 5.76 Å². The monoisotopic (exact) mass is 292 g/mol. The van der Waals surface area contributed by atoms with E-state index in [9.17, 15) is 4.79 Å². The molecule has 2 rings (SSSR count). The molecular formula is C15H17ClN2O2. The van der Waals surface area contributed by atoms with E-state index in [2.05, 4.69) is 10.6 Å². The molecule has 1 heterocycles. The second-order valence-electron chi connectivity index (χ2n) is 4.48. The van der Waals surface area contributed by atoms with Crippen LogP contribution < -0.4 is 10.6 Å². The zero-order valence-corrected chi connectivity index (χ0v) is 12.3. The number of carbonyl (C=O) groups is 1. The zero-order valence-electron chi connectivity index (χ0n) is 11.5. The maximum Gasteiger partial charge on any atom is 0.224 e. The molecule has 0 spiro atoms. The molecule has 0 atom stereocenters. The summed E-state index contributed by atoms with van der Waals surface area (Å²) in [5.74, 6) is 0.837. The van der Waals surface area contributed by atoms with Crippen LogP contribution >= 0.6 is 11.6 Å². The van der Waals surface area contributed by atoms with E-state index in [-0.39, 0.29) is 5.91 Å². The lowest BCUT2D eigenvalue weighted by atomic mass is 10.2. The normalized spacial score (nSPS) is 10.3. The molecular weight excluding hydrogens is 276 g/mol. The maximum absolute atomic E-state index is 11.4. The molecule has 0 bridgehead atoms. The highest BCUT2D eigenvalue weighted by atomic mass is 35.5. The molecule has 0 radical (unpaired) electrons. The van der Waals surface area contributed by atoms with Crippen LogP contribution in [-0.4, -0.2) is 5.91 Å². The molecule has 5 heteroatoms. The number of rotatable bonds is 5. The molecule has 0 saturated heterocycles. The molecule has 2 N–H and O–H groups in total. The fourth-order valence-corrected chi connectivity index (χ4v) is 1.93. The minimum atomic E-state index is -0.0276. The van der Waals surface area contributed by atoms with Crippen molar-refractivity contribution < 1.29 is 9.21 Å². The number of amides is 1. The second-order valence-corrected chi connectivity index (χ2v) is 4.88. The Balaban J connectivity index is 2.08. The summed E-state index contributed by atoms with van der Waals surface area (Å²) in [6.07, 6.45) is 2.10. The molecule has 0 aliphatic rings. The summed E-state index contributed by atoms with van der Waals surface area (Å²) >= 11 is 6.14. The molecule has 0 fully saturated rings. The molecule has 1 amide bonds. The van der Waals surface area contributed by atoms with Crippen molar-refractivity contribution in [3.05, 3.63) is 46.9 Å². The number of carbonyl (C=O) groups excluding carboxylic acids is 1. The van der Waals surface area contributed by atoms with Gasteiger partial charge in [0.05, 0.1) is 23.5 Å². The van der Waals surface area contributed by atoms with Crippen LogP contribution in [0.2, 0.25) is 5.02 Å². The van der Waals surface area contributed by atoms with Crippen molar-refractivity contribution in [2.75, 3.05) is 10.6 Å². The number of hydrogen-bond donors (Lipinski definition) is 2. The number of aryl methyl sites for hydroxylation is 1. The van der Waals surface area contributed by atoms with Gasteiger partial charge in [-0.1, -0.05) is 18.5 Å². The van der Waals surface area contributed by atoms with Crippen molar-refractivity contribution in [2.24, 2.45) is 0 Å². The van der Waals surface area contributed by atoms with E-state index in [0.29, 0.717) is 18.0 Å². The summed E-state index contributed by atoms with van der Waals surface area (Å²) in [7, 11) is 0. The van der Waals surface area contributed by atoms with Gasteiger partial charge in [-0.25, -0.2) is 0 Å². The molecule has 106 valence electrons. The minimum Gasteiger partial charge on any atom is -0.467 e. The van der Waals surface area contributed by atoms with Crippen molar-refractivity contribution in [3.63, 3.8) is 0 Å². The Bertz CT molecular complexity index is 608. The molecule has 1 aromatic heterocycles. The summed E-state index contributed by atoms with van der Waals surface area (Å²) in [5, 5.41) is 6.61. The van der Waals surface area contributed by atoms with Gasteiger partial charge in [0.15, 0.2) is 0 Å². The van der Waals surface area contributed by atoms with Gasteiger partial charge in [-0.3, -0.25) is 4.79 Å². The minimum absolute atomic E-state index is 0.0276. The summed E-state index contributed by atoms with van der Waals surface area (Å²) in [5.41, 5.74) is 2.57. The van der Waals surface area contributed by atoms with Crippen molar-refractivity contribution >= 4 is 28.9 Å². The SMILES string of the molecule is CCC(=O)Nc1ccc(Cl)c(NCc2occc2C)c1. The third-order valence-electron chi connectivity index (χ3n) is 2.98. The van der Waals surface area contributed by atoms with Crippen LogP contribution in [0.5, 0.6) is 0 Å². The first kappa shape index (κ1) is 14.5. The van der Waals surface area contributed by atoms with Crippen LogP contribution in [0.25, 0.3) is 0 Å². The average molecular weight is 293 g/mol. The molecule has 0 unspecified atom stereocenters. The molecule has 4 nitrogen and oxygen atoms in total.